The molecule has 114 valence electrons. The predicted octanol–water partition coefficient (Wildman–Crippen LogP) is 3.13. The first-order chi connectivity index (χ1) is 10.2. The maximum Gasteiger partial charge on any atom is 0.159 e. The Labute approximate surface area is 127 Å². The van der Waals surface area contributed by atoms with Gasteiger partial charge in [-0.2, -0.15) is 0 Å². The normalized spacial score (nSPS) is 18.8. The van der Waals surface area contributed by atoms with E-state index in [1.54, 1.807) is 6.92 Å². The molecule has 3 rings (SSSR count). The number of carbonyl (C=O) groups excluding carboxylic acids is 1. The van der Waals surface area contributed by atoms with Gasteiger partial charge in [-0.05, 0) is 82.4 Å². The number of carbonyl (C=O) groups is 1. The third-order valence-electron chi connectivity index (χ3n) is 4.80. The molecule has 0 bridgehead atoms. The first-order valence-electron chi connectivity index (χ1n) is 8.35. The summed E-state index contributed by atoms with van der Waals surface area (Å²) in [5.74, 6) is 0.170. The average molecular weight is 286 g/mol. The summed E-state index contributed by atoms with van der Waals surface area (Å²) < 4.78 is 0. The zero-order valence-electron chi connectivity index (χ0n) is 13.1. The molecule has 1 saturated heterocycles. The molecule has 0 radical (unpaired) electrons. The minimum atomic E-state index is 0.170. The van der Waals surface area contributed by atoms with Crippen molar-refractivity contribution in [2.75, 3.05) is 37.6 Å². The monoisotopic (exact) mass is 286 g/mol. The topological polar surface area (TPSA) is 23.6 Å². The third kappa shape index (κ3) is 3.46. The molecular weight excluding hydrogens is 260 g/mol. The van der Waals surface area contributed by atoms with E-state index in [1.807, 2.05) is 6.07 Å². The molecule has 0 saturated carbocycles. The molecule has 2 heterocycles. The van der Waals surface area contributed by atoms with E-state index in [2.05, 4.69) is 21.9 Å². The lowest BCUT2D eigenvalue weighted by Crippen LogP contribution is -2.32. The second-order valence-corrected chi connectivity index (χ2v) is 6.39. The fraction of sp³-hybridized carbons (Fsp3) is 0.611. The molecule has 0 amide bonds. The van der Waals surface area contributed by atoms with Crippen LogP contribution >= 0.6 is 0 Å². The van der Waals surface area contributed by atoms with Crippen molar-refractivity contribution in [2.24, 2.45) is 0 Å². The van der Waals surface area contributed by atoms with Crippen molar-refractivity contribution in [2.45, 2.75) is 39.0 Å². The number of fused-ring (bicyclic) bond motifs is 1. The minimum Gasteiger partial charge on any atom is -0.371 e. The van der Waals surface area contributed by atoms with E-state index in [0.717, 1.165) is 25.1 Å². The first-order valence-corrected chi connectivity index (χ1v) is 8.35. The minimum absolute atomic E-state index is 0.170. The molecule has 1 aromatic carbocycles. The van der Waals surface area contributed by atoms with Crippen LogP contribution in [0.2, 0.25) is 0 Å². The third-order valence-corrected chi connectivity index (χ3v) is 4.80. The molecule has 0 aliphatic carbocycles. The van der Waals surface area contributed by atoms with E-state index in [9.17, 15) is 4.79 Å². The summed E-state index contributed by atoms with van der Waals surface area (Å²) in [5.41, 5.74) is 3.57. The second-order valence-electron chi connectivity index (χ2n) is 6.39. The standard InChI is InChI=1S/C18H26N2O/c1-15(21)16-7-8-18-17(14-16)6-4-12-20(18)13-5-11-19-9-2-3-10-19/h7-8,14H,2-6,9-13H2,1H3. The summed E-state index contributed by atoms with van der Waals surface area (Å²) in [7, 11) is 0. The quantitative estimate of drug-likeness (QED) is 0.777. The Morgan fingerprint density at radius 3 is 2.67 bits per heavy atom. The van der Waals surface area contributed by atoms with E-state index in [-0.39, 0.29) is 5.78 Å². The molecule has 0 atom stereocenters. The number of aryl methyl sites for hydroxylation is 1. The van der Waals surface area contributed by atoms with Gasteiger partial charge in [-0.25, -0.2) is 0 Å². The van der Waals surface area contributed by atoms with Gasteiger partial charge in [0.2, 0.25) is 0 Å². The second kappa shape index (κ2) is 6.61. The Morgan fingerprint density at radius 1 is 1.10 bits per heavy atom. The van der Waals surface area contributed by atoms with Crippen LogP contribution in [0.5, 0.6) is 0 Å². The maximum atomic E-state index is 11.5. The number of Topliss-reactive ketones (excluding diaryl/α,β-unsaturated/α-hetero) is 1. The molecule has 0 spiro atoms. The first kappa shape index (κ1) is 14.6. The number of hydrogen-bond donors (Lipinski definition) is 0. The molecule has 1 aromatic rings. The van der Waals surface area contributed by atoms with Gasteiger partial charge < -0.3 is 9.80 Å². The zero-order valence-corrected chi connectivity index (χ0v) is 13.1. The Kier molecular flexibility index (Phi) is 4.59. The summed E-state index contributed by atoms with van der Waals surface area (Å²) in [6.45, 7) is 7.77. The molecule has 2 aliphatic rings. The van der Waals surface area contributed by atoms with Crippen molar-refractivity contribution >= 4 is 11.5 Å². The predicted molar refractivity (Wildman–Crippen MR) is 87.3 cm³/mol. The van der Waals surface area contributed by atoms with Gasteiger partial charge in [0.15, 0.2) is 5.78 Å². The van der Waals surface area contributed by atoms with Crippen LogP contribution in [0.15, 0.2) is 18.2 Å². The lowest BCUT2D eigenvalue weighted by Gasteiger charge is -2.32. The van der Waals surface area contributed by atoms with Crippen LogP contribution < -0.4 is 4.90 Å². The van der Waals surface area contributed by atoms with Crippen molar-refractivity contribution < 1.29 is 4.79 Å². The van der Waals surface area contributed by atoms with Crippen LogP contribution in [-0.2, 0) is 6.42 Å². The summed E-state index contributed by atoms with van der Waals surface area (Å²) >= 11 is 0. The molecule has 21 heavy (non-hydrogen) atoms. The zero-order chi connectivity index (χ0) is 14.7. The van der Waals surface area contributed by atoms with Gasteiger partial charge in [0.1, 0.15) is 0 Å². The Bertz CT molecular complexity index is 506. The van der Waals surface area contributed by atoms with Gasteiger partial charge in [0, 0.05) is 24.3 Å². The van der Waals surface area contributed by atoms with E-state index in [1.165, 1.54) is 56.6 Å². The van der Waals surface area contributed by atoms with Gasteiger partial charge in [0.05, 0.1) is 0 Å². The number of hydrogen-bond acceptors (Lipinski definition) is 3. The van der Waals surface area contributed by atoms with Crippen LogP contribution in [-0.4, -0.2) is 43.4 Å². The summed E-state index contributed by atoms with van der Waals surface area (Å²) in [6.07, 6.45) is 6.31. The van der Waals surface area contributed by atoms with Gasteiger partial charge in [-0.1, -0.05) is 0 Å². The van der Waals surface area contributed by atoms with Crippen LogP contribution in [0.3, 0.4) is 0 Å². The number of anilines is 1. The molecule has 0 N–H and O–H groups in total. The van der Waals surface area contributed by atoms with E-state index in [4.69, 9.17) is 0 Å². The Morgan fingerprint density at radius 2 is 1.90 bits per heavy atom. The molecule has 3 heteroatoms. The highest BCUT2D eigenvalue weighted by Gasteiger charge is 2.18. The van der Waals surface area contributed by atoms with Gasteiger partial charge in [-0.15, -0.1) is 0 Å². The van der Waals surface area contributed by atoms with Crippen LogP contribution in [0.25, 0.3) is 0 Å². The van der Waals surface area contributed by atoms with Gasteiger partial charge in [-0.3, -0.25) is 4.79 Å². The van der Waals surface area contributed by atoms with Crippen LogP contribution in [0.4, 0.5) is 5.69 Å². The van der Waals surface area contributed by atoms with Crippen molar-refractivity contribution in [3.8, 4) is 0 Å². The van der Waals surface area contributed by atoms with Gasteiger partial charge >= 0.3 is 0 Å². The Hall–Kier alpha value is -1.35. The van der Waals surface area contributed by atoms with Crippen LogP contribution in [0, 0.1) is 0 Å². The van der Waals surface area contributed by atoms with Crippen LogP contribution in [0.1, 0.15) is 48.5 Å². The molecular formula is C18H26N2O. The fourth-order valence-corrected chi connectivity index (χ4v) is 3.62. The van der Waals surface area contributed by atoms with Crippen molar-refractivity contribution in [1.82, 2.24) is 4.90 Å². The van der Waals surface area contributed by atoms with Crippen molar-refractivity contribution in [3.05, 3.63) is 29.3 Å². The average Bonchev–Trinajstić information content (AvgIpc) is 3.00. The number of ketones is 1. The van der Waals surface area contributed by atoms with E-state index in [0.29, 0.717) is 0 Å². The highest BCUT2D eigenvalue weighted by atomic mass is 16.1. The fourth-order valence-electron chi connectivity index (χ4n) is 3.62. The number of rotatable bonds is 5. The van der Waals surface area contributed by atoms with E-state index < -0.39 is 0 Å². The number of nitrogens with zero attached hydrogens (tertiary/aromatic N) is 2. The lowest BCUT2D eigenvalue weighted by atomic mass is 9.98. The SMILES string of the molecule is CC(=O)c1ccc2c(c1)CCCN2CCCN1CCCC1. The molecule has 3 nitrogen and oxygen atoms in total. The van der Waals surface area contributed by atoms with Crippen molar-refractivity contribution in [1.29, 1.82) is 0 Å². The molecule has 0 unspecified atom stereocenters. The highest BCUT2D eigenvalue weighted by Crippen LogP contribution is 2.28. The van der Waals surface area contributed by atoms with Gasteiger partial charge in [0.25, 0.3) is 0 Å². The summed E-state index contributed by atoms with van der Waals surface area (Å²) in [4.78, 5) is 16.6. The Balaban J connectivity index is 1.61. The lowest BCUT2D eigenvalue weighted by molar-refractivity contribution is 0.101. The smallest absolute Gasteiger partial charge is 0.159 e. The van der Waals surface area contributed by atoms with Crippen molar-refractivity contribution in [3.63, 3.8) is 0 Å². The summed E-state index contributed by atoms with van der Waals surface area (Å²) in [5, 5.41) is 0. The highest BCUT2D eigenvalue weighted by molar-refractivity contribution is 5.94. The molecule has 0 aromatic heterocycles. The maximum absolute atomic E-state index is 11.5. The number of benzene rings is 1. The largest absolute Gasteiger partial charge is 0.371 e. The van der Waals surface area contributed by atoms with E-state index >= 15 is 0 Å². The molecule has 1 fully saturated rings. The summed E-state index contributed by atoms with van der Waals surface area (Å²) in [6, 6.07) is 6.24. The number of likely N-dealkylation sites (tertiary alicyclic amines) is 1. The molecule has 2 aliphatic heterocycles.